The maximum Gasteiger partial charge on any atom is 0.305 e. The molecule has 2 saturated heterocycles. The zero-order valence-electron chi connectivity index (χ0n) is 16.7. The Kier molecular flexibility index (Phi) is 4.85. The van der Waals surface area contributed by atoms with Crippen LogP contribution in [0.1, 0.15) is 20.8 Å². The van der Waals surface area contributed by atoms with Gasteiger partial charge < -0.3 is 18.9 Å². The highest BCUT2D eigenvalue weighted by molar-refractivity contribution is 6.23. The summed E-state index contributed by atoms with van der Waals surface area (Å²) in [7, 11) is 0. The number of benzene rings is 1. The lowest BCUT2D eigenvalue weighted by molar-refractivity contribution is -0.226. The van der Waals surface area contributed by atoms with E-state index in [2.05, 4.69) is 0 Å². The van der Waals surface area contributed by atoms with Gasteiger partial charge in [0.05, 0.1) is 30.2 Å². The SMILES string of the molecule is CCOc1ccc(N2C(=O)[C@H]3[C@@H](C2=O)[C@@]2(C(OC(C)=O)OC(C)=O)C=C[C@H]3O2)cc1. The van der Waals surface area contributed by atoms with Gasteiger partial charge in [-0.1, -0.05) is 6.08 Å². The van der Waals surface area contributed by atoms with Crippen LogP contribution in [0.4, 0.5) is 5.69 Å². The zero-order chi connectivity index (χ0) is 21.6. The van der Waals surface area contributed by atoms with Gasteiger partial charge in [0.15, 0.2) is 5.60 Å². The smallest absolute Gasteiger partial charge is 0.305 e. The number of carbonyl (C=O) groups excluding carboxylic acids is 4. The van der Waals surface area contributed by atoms with Gasteiger partial charge >= 0.3 is 11.9 Å². The van der Waals surface area contributed by atoms with Gasteiger partial charge in [-0.15, -0.1) is 0 Å². The van der Waals surface area contributed by atoms with Crippen molar-refractivity contribution in [3.05, 3.63) is 36.4 Å². The van der Waals surface area contributed by atoms with E-state index in [0.29, 0.717) is 18.0 Å². The molecule has 30 heavy (non-hydrogen) atoms. The van der Waals surface area contributed by atoms with Gasteiger partial charge in [-0.25, -0.2) is 4.90 Å². The lowest BCUT2D eigenvalue weighted by Crippen LogP contribution is -2.52. The van der Waals surface area contributed by atoms with E-state index < -0.39 is 53.6 Å². The molecular formula is C21H21NO8. The third-order valence-corrected chi connectivity index (χ3v) is 5.40. The molecule has 0 aliphatic carbocycles. The quantitative estimate of drug-likeness (QED) is 0.297. The van der Waals surface area contributed by atoms with Crippen molar-refractivity contribution in [1.82, 2.24) is 0 Å². The first-order chi connectivity index (χ1) is 14.3. The lowest BCUT2D eigenvalue weighted by atomic mass is 9.76. The lowest BCUT2D eigenvalue weighted by Gasteiger charge is -2.34. The minimum absolute atomic E-state index is 0.397. The van der Waals surface area contributed by atoms with Crippen LogP contribution in [0.3, 0.4) is 0 Å². The number of hydrogen-bond donors (Lipinski definition) is 0. The van der Waals surface area contributed by atoms with Gasteiger partial charge in [0.25, 0.3) is 6.29 Å². The van der Waals surface area contributed by atoms with Crippen molar-refractivity contribution in [3.8, 4) is 5.75 Å². The molecule has 0 saturated carbocycles. The second-order valence-corrected chi connectivity index (χ2v) is 7.29. The van der Waals surface area contributed by atoms with Gasteiger partial charge in [-0.2, -0.15) is 0 Å². The molecule has 1 aromatic rings. The summed E-state index contributed by atoms with van der Waals surface area (Å²) in [5, 5.41) is 0. The number of amides is 2. The summed E-state index contributed by atoms with van der Waals surface area (Å²) in [5.74, 6) is -3.52. The minimum Gasteiger partial charge on any atom is -0.494 e. The first-order valence-corrected chi connectivity index (χ1v) is 9.60. The topological polar surface area (TPSA) is 108 Å². The summed E-state index contributed by atoms with van der Waals surface area (Å²) >= 11 is 0. The molecule has 0 radical (unpaired) electrons. The van der Waals surface area contributed by atoms with E-state index in [0.717, 1.165) is 18.7 Å². The van der Waals surface area contributed by atoms with Crippen LogP contribution in [0.25, 0.3) is 0 Å². The van der Waals surface area contributed by atoms with Gasteiger partial charge in [0.1, 0.15) is 5.75 Å². The molecule has 0 aromatic heterocycles. The van der Waals surface area contributed by atoms with E-state index in [-0.39, 0.29) is 0 Å². The van der Waals surface area contributed by atoms with Crippen LogP contribution < -0.4 is 9.64 Å². The summed E-state index contributed by atoms with van der Waals surface area (Å²) in [6, 6.07) is 6.60. The number of fused-ring (bicyclic) bond motifs is 5. The normalized spacial score (nSPS) is 28.8. The van der Waals surface area contributed by atoms with E-state index in [1.54, 1.807) is 36.4 Å². The van der Waals surface area contributed by atoms with Gasteiger partial charge in [-0.05, 0) is 37.3 Å². The van der Waals surface area contributed by atoms with Gasteiger partial charge in [0.2, 0.25) is 11.8 Å². The van der Waals surface area contributed by atoms with E-state index in [1.165, 1.54) is 0 Å². The van der Waals surface area contributed by atoms with Crippen molar-refractivity contribution in [2.45, 2.75) is 38.8 Å². The first kappa shape index (κ1) is 20.1. The molecule has 2 amide bonds. The molecule has 2 fully saturated rings. The van der Waals surface area contributed by atoms with Crippen LogP contribution in [0.2, 0.25) is 0 Å². The molecule has 3 aliphatic heterocycles. The fourth-order valence-electron chi connectivity index (χ4n) is 4.33. The van der Waals surface area contributed by atoms with E-state index >= 15 is 0 Å². The Bertz CT molecular complexity index is 923. The molecule has 1 aromatic carbocycles. The third-order valence-electron chi connectivity index (χ3n) is 5.40. The fraction of sp³-hybridized carbons (Fsp3) is 0.429. The van der Waals surface area contributed by atoms with Crippen LogP contribution in [0.5, 0.6) is 5.75 Å². The van der Waals surface area contributed by atoms with Crippen molar-refractivity contribution in [2.24, 2.45) is 11.8 Å². The maximum atomic E-state index is 13.4. The molecule has 9 heteroatoms. The molecule has 0 unspecified atom stereocenters. The van der Waals surface area contributed by atoms with Crippen LogP contribution in [-0.2, 0) is 33.4 Å². The minimum atomic E-state index is -1.56. The van der Waals surface area contributed by atoms with Crippen LogP contribution in [0.15, 0.2) is 36.4 Å². The van der Waals surface area contributed by atoms with E-state index in [4.69, 9.17) is 18.9 Å². The monoisotopic (exact) mass is 415 g/mol. The highest BCUT2D eigenvalue weighted by atomic mass is 16.7. The van der Waals surface area contributed by atoms with Gasteiger partial charge in [-0.3, -0.25) is 19.2 Å². The molecule has 3 heterocycles. The number of carbonyl (C=O) groups is 4. The van der Waals surface area contributed by atoms with Crippen molar-refractivity contribution in [3.63, 3.8) is 0 Å². The predicted octanol–water partition coefficient (Wildman–Crippen LogP) is 1.35. The average molecular weight is 415 g/mol. The van der Waals surface area contributed by atoms with E-state index in [9.17, 15) is 19.2 Å². The average Bonchev–Trinajstić information content (AvgIpc) is 3.33. The summed E-state index contributed by atoms with van der Waals surface area (Å²) in [6.45, 7) is 4.66. The highest BCUT2D eigenvalue weighted by Gasteiger charge is 2.72. The second-order valence-electron chi connectivity index (χ2n) is 7.29. The second kappa shape index (κ2) is 7.24. The number of esters is 2. The zero-order valence-corrected chi connectivity index (χ0v) is 16.7. The van der Waals surface area contributed by atoms with Crippen molar-refractivity contribution < 1.29 is 38.1 Å². The highest BCUT2D eigenvalue weighted by Crippen LogP contribution is 2.54. The van der Waals surface area contributed by atoms with Crippen molar-refractivity contribution >= 4 is 29.4 Å². The Labute approximate surface area is 172 Å². The molecule has 4 rings (SSSR count). The standard InChI is InChI=1S/C21H21NO8/c1-4-27-14-7-5-13(6-8-14)22-18(25)16-15-9-10-21(30-15,17(16)19(22)26)20(28-11(2)23)29-12(3)24/h5-10,15-17,20H,4H2,1-3H3/t15-,16-,17+,21-/m1/s1. The maximum absolute atomic E-state index is 13.4. The number of anilines is 1. The molecule has 0 spiro atoms. The summed E-state index contributed by atoms with van der Waals surface area (Å²) in [4.78, 5) is 50.8. The van der Waals surface area contributed by atoms with Crippen LogP contribution in [-0.4, -0.2) is 48.4 Å². The molecule has 9 nitrogen and oxygen atoms in total. The summed E-state index contributed by atoms with van der Waals surface area (Å²) < 4.78 is 21.7. The number of hydrogen-bond acceptors (Lipinski definition) is 8. The first-order valence-electron chi connectivity index (χ1n) is 9.60. The third kappa shape index (κ3) is 2.97. The largest absolute Gasteiger partial charge is 0.494 e. The van der Waals surface area contributed by atoms with Crippen LogP contribution in [0, 0.1) is 11.8 Å². The number of nitrogens with zero attached hydrogens (tertiary/aromatic N) is 1. The Morgan fingerprint density at radius 1 is 1.10 bits per heavy atom. The number of rotatable bonds is 6. The van der Waals surface area contributed by atoms with Crippen molar-refractivity contribution in [2.75, 3.05) is 11.5 Å². The number of imide groups is 1. The summed E-state index contributed by atoms with van der Waals surface area (Å²) in [6.07, 6.45) is 1.00. The predicted molar refractivity (Wildman–Crippen MR) is 101 cm³/mol. The number of ether oxygens (including phenoxy) is 4. The molecule has 0 N–H and O–H groups in total. The molecular weight excluding hydrogens is 394 g/mol. The Morgan fingerprint density at radius 2 is 1.73 bits per heavy atom. The van der Waals surface area contributed by atoms with E-state index in [1.807, 2.05) is 6.92 Å². The fourth-order valence-corrected chi connectivity index (χ4v) is 4.33. The Hall–Kier alpha value is -3.20. The summed E-state index contributed by atoms with van der Waals surface area (Å²) in [5.41, 5.74) is -1.16. The molecule has 158 valence electrons. The van der Waals surface area contributed by atoms with Crippen molar-refractivity contribution in [1.29, 1.82) is 0 Å². The Morgan fingerprint density at radius 3 is 2.30 bits per heavy atom. The Balaban J connectivity index is 1.69. The molecule has 3 aliphatic rings. The molecule has 2 bridgehead atoms. The van der Waals surface area contributed by atoms with Gasteiger partial charge in [0, 0.05) is 13.8 Å². The molecule has 4 atom stereocenters. The van der Waals surface area contributed by atoms with Crippen LogP contribution >= 0.6 is 0 Å².